The molecule has 5 nitrogen and oxygen atoms in total. The third-order valence-electron chi connectivity index (χ3n) is 4.44. The van der Waals surface area contributed by atoms with Crippen molar-refractivity contribution < 1.29 is 4.42 Å². The number of halogens is 1. The summed E-state index contributed by atoms with van der Waals surface area (Å²) in [5.74, 6) is 2.48. The predicted octanol–water partition coefficient (Wildman–Crippen LogP) is 3.77. The van der Waals surface area contributed by atoms with E-state index < -0.39 is 0 Å². The average molecular weight is 379 g/mol. The highest BCUT2D eigenvalue weighted by Crippen LogP contribution is 2.21. The molecule has 23 heavy (non-hydrogen) atoms. The molecule has 6 heteroatoms. The van der Waals surface area contributed by atoms with Crippen molar-refractivity contribution in [3.05, 3.63) is 40.3 Å². The summed E-state index contributed by atoms with van der Waals surface area (Å²) < 4.78 is 6.69. The van der Waals surface area contributed by atoms with Crippen molar-refractivity contribution in [2.75, 3.05) is 25.0 Å². The van der Waals surface area contributed by atoms with E-state index in [1.54, 1.807) is 6.20 Å². The van der Waals surface area contributed by atoms with Gasteiger partial charge in [0.25, 0.3) is 0 Å². The van der Waals surface area contributed by atoms with Crippen LogP contribution in [0.2, 0.25) is 0 Å². The molecule has 0 unspecified atom stereocenters. The topological polar surface area (TPSA) is 54.2 Å². The highest BCUT2D eigenvalue weighted by molar-refractivity contribution is 9.10. The van der Waals surface area contributed by atoms with E-state index in [0.717, 1.165) is 53.7 Å². The Bertz CT molecular complexity index is 630. The van der Waals surface area contributed by atoms with E-state index in [2.05, 4.69) is 42.2 Å². The molecule has 1 aliphatic rings. The van der Waals surface area contributed by atoms with Gasteiger partial charge in [0.2, 0.25) is 5.89 Å². The molecule has 0 atom stereocenters. The van der Waals surface area contributed by atoms with E-state index in [1.807, 2.05) is 20.0 Å². The van der Waals surface area contributed by atoms with Crippen molar-refractivity contribution in [3.63, 3.8) is 0 Å². The molecule has 0 aromatic carbocycles. The number of nitrogens with one attached hydrogen (secondary N) is 1. The molecule has 0 aliphatic carbocycles. The molecule has 1 fully saturated rings. The lowest BCUT2D eigenvalue weighted by molar-refractivity contribution is 0.167. The number of rotatable bonds is 5. The third-order valence-corrected chi connectivity index (χ3v) is 4.87. The van der Waals surface area contributed by atoms with E-state index >= 15 is 0 Å². The smallest absolute Gasteiger partial charge is 0.208 e. The maximum Gasteiger partial charge on any atom is 0.208 e. The number of anilines is 1. The van der Waals surface area contributed by atoms with Crippen LogP contribution >= 0.6 is 15.9 Å². The standard InChI is InChI=1S/C17H23BrN4O/c1-12-13(2)23-17(21-12)11-22-5-3-14(4-6-22)8-20-16-7-15(18)9-19-10-16/h7,9-10,14,20H,3-6,8,11H2,1-2H3. The average Bonchev–Trinajstić information content (AvgIpc) is 2.85. The van der Waals surface area contributed by atoms with E-state index in [0.29, 0.717) is 5.92 Å². The first-order chi connectivity index (χ1) is 11.1. The Hall–Kier alpha value is -1.40. The number of piperidine rings is 1. The molecule has 124 valence electrons. The molecule has 3 rings (SSSR count). The molecule has 1 aliphatic heterocycles. The Morgan fingerprint density at radius 3 is 2.74 bits per heavy atom. The molecule has 3 heterocycles. The lowest BCUT2D eigenvalue weighted by atomic mass is 9.97. The second kappa shape index (κ2) is 7.45. The number of nitrogens with zero attached hydrogens (tertiary/aromatic N) is 3. The van der Waals surface area contributed by atoms with Crippen molar-refractivity contribution in [2.24, 2.45) is 5.92 Å². The molecule has 0 bridgehead atoms. The zero-order valence-corrected chi connectivity index (χ0v) is 15.3. The fraction of sp³-hybridized carbons (Fsp3) is 0.529. The van der Waals surface area contributed by atoms with E-state index in [4.69, 9.17) is 4.42 Å². The second-order valence-corrected chi connectivity index (χ2v) is 7.16. The zero-order valence-electron chi connectivity index (χ0n) is 13.7. The zero-order chi connectivity index (χ0) is 16.2. The van der Waals surface area contributed by atoms with Crippen LogP contribution in [-0.2, 0) is 6.54 Å². The first-order valence-corrected chi connectivity index (χ1v) is 8.89. The maximum absolute atomic E-state index is 5.68. The van der Waals surface area contributed by atoms with Crippen molar-refractivity contribution in [3.8, 4) is 0 Å². The summed E-state index contributed by atoms with van der Waals surface area (Å²) in [5.41, 5.74) is 2.08. The van der Waals surface area contributed by atoms with Gasteiger partial charge >= 0.3 is 0 Å². The Balaban J connectivity index is 1.43. The summed E-state index contributed by atoms with van der Waals surface area (Å²) in [7, 11) is 0. The van der Waals surface area contributed by atoms with Crippen molar-refractivity contribution in [1.29, 1.82) is 0 Å². The van der Waals surface area contributed by atoms with Crippen LogP contribution < -0.4 is 5.32 Å². The normalized spacial score (nSPS) is 16.7. The fourth-order valence-electron chi connectivity index (χ4n) is 2.92. The van der Waals surface area contributed by atoms with Crippen LogP contribution in [0.5, 0.6) is 0 Å². The molecule has 0 spiro atoms. The summed E-state index contributed by atoms with van der Waals surface area (Å²) >= 11 is 3.45. The largest absolute Gasteiger partial charge is 0.444 e. The minimum absolute atomic E-state index is 0.707. The van der Waals surface area contributed by atoms with Gasteiger partial charge < -0.3 is 9.73 Å². The third kappa shape index (κ3) is 4.54. The van der Waals surface area contributed by atoms with Crippen LogP contribution in [-0.4, -0.2) is 34.5 Å². The molecule has 1 N–H and O–H groups in total. The molecule has 2 aromatic heterocycles. The highest BCUT2D eigenvalue weighted by Gasteiger charge is 2.20. The van der Waals surface area contributed by atoms with Crippen LogP contribution in [0, 0.1) is 19.8 Å². The van der Waals surface area contributed by atoms with Gasteiger partial charge in [0.15, 0.2) is 0 Å². The predicted molar refractivity (Wildman–Crippen MR) is 94.4 cm³/mol. The Morgan fingerprint density at radius 2 is 2.09 bits per heavy atom. The summed E-state index contributed by atoms with van der Waals surface area (Å²) in [6, 6.07) is 2.06. The van der Waals surface area contributed by atoms with Crippen LogP contribution in [0.4, 0.5) is 5.69 Å². The highest BCUT2D eigenvalue weighted by atomic mass is 79.9. The molecule has 0 amide bonds. The number of oxazole rings is 1. The minimum Gasteiger partial charge on any atom is -0.444 e. The minimum atomic E-state index is 0.707. The van der Waals surface area contributed by atoms with Crippen molar-refractivity contribution >= 4 is 21.6 Å². The molecule has 2 aromatic rings. The van der Waals surface area contributed by atoms with Gasteiger partial charge in [-0.25, -0.2) is 4.98 Å². The lowest BCUT2D eigenvalue weighted by Gasteiger charge is -2.31. The van der Waals surface area contributed by atoms with Gasteiger partial charge in [-0.05, 0) is 67.7 Å². The van der Waals surface area contributed by atoms with Crippen LogP contribution in [0.25, 0.3) is 0 Å². The molecule has 1 saturated heterocycles. The summed E-state index contributed by atoms with van der Waals surface area (Å²) in [4.78, 5) is 11.1. The Morgan fingerprint density at radius 1 is 1.30 bits per heavy atom. The fourth-order valence-corrected chi connectivity index (χ4v) is 3.28. The van der Waals surface area contributed by atoms with Gasteiger partial charge in [-0.2, -0.15) is 0 Å². The van der Waals surface area contributed by atoms with Crippen LogP contribution in [0.3, 0.4) is 0 Å². The first kappa shape index (κ1) is 16.5. The number of aromatic nitrogens is 2. The van der Waals surface area contributed by atoms with E-state index in [-0.39, 0.29) is 0 Å². The van der Waals surface area contributed by atoms with Gasteiger partial charge in [-0.15, -0.1) is 0 Å². The van der Waals surface area contributed by atoms with Gasteiger partial charge in [-0.3, -0.25) is 9.88 Å². The van der Waals surface area contributed by atoms with Crippen LogP contribution in [0.15, 0.2) is 27.3 Å². The number of pyridine rings is 1. The second-order valence-electron chi connectivity index (χ2n) is 6.24. The number of likely N-dealkylation sites (tertiary alicyclic amines) is 1. The molecule has 0 radical (unpaired) electrons. The van der Waals surface area contributed by atoms with Gasteiger partial charge in [0.1, 0.15) is 5.76 Å². The number of hydrogen-bond acceptors (Lipinski definition) is 5. The maximum atomic E-state index is 5.68. The van der Waals surface area contributed by atoms with Crippen molar-refractivity contribution in [1.82, 2.24) is 14.9 Å². The first-order valence-electron chi connectivity index (χ1n) is 8.10. The lowest BCUT2D eigenvalue weighted by Crippen LogP contribution is -2.35. The van der Waals surface area contributed by atoms with Crippen molar-refractivity contribution in [2.45, 2.75) is 33.2 Å². The molecular formula is C17H23BrN4O. The number of hydrogen-bond donors (Lipinski definition) is 1. The van der Waals surface area contributed by atoms with Gasteiger partial charge in [-0.1, -0.05) is 0 Å². The van der Waals surface area contributed by atoms with Crippen LogP contribution in [0.1, 0.15) is 30.2 Å². The Labute approximate surface area is 145 Å². The number of aryl methyl sites for hydroxylation is 2. The summed E-state index contributed by atoms with van der Waals surface area (Å²) in [6.45, 7) is 8.00. The SMILES string of the molecule is Cc1nc(CN2CCC(CNc3cncc(Br)c3)CC2)oc1C. The van der Waals surface area contributed by atoms with E-state index in [9.17, 15) is 0 Å². The summed E-state index contributed by atoms with van der Waals surface area (Å²) in [6.07, 6.45) is 6.07. The van der Waals surface area contributed by atoms with E-state index in [1.165, 1.54) is 12.8 Å². The van der Waals surface area contributed by atoms with Gasteiger partial charge in [0.05, 0.1) is 24.1 Å². The summed E-state index contributed by atoms with van der Waals surface area (Å²) in [5, 5.41) is 3.49. The van der Waals surface area contributed by atoms with Gasteiger partial charge in [0, 0.05) is 17.2 Å². The Kier molecular flexibility index (Phi) is 5.33. The molecule has 0 saturated carbocycles. The monoisotopic (exact) mass is 378 g/mol. The molecular weight excluding hydrogens is 356 g/mol. The quantitative estimate of drug-likeness (QED) is 0.857.